The summed E-state index contributed by atoms with van der Waals surface area (Å²) < 4.78 is 7.30. The van der Waals surface area contributed by atoms with E-state index in [0.717, 1.165) is 16.9 Å². The topological polar surface area (TPSA) is 81.7 Å². The van der Waals surface area contributed by atoms with Crippen molar-refractivity contribution in [1.29, 1.82) is 0 Å². The zero-order valence-corrected chi connectivity index (χ0v) is 15.3. The number of pyridine rings is 1. The summed E-state index contributed by atoms with van der Waals surface area (Å²) in [5.74, 6) is 0.00605. The molecular formula is C16H24Cl2N4O2. The number of nitrogens with one attached hydrogen (secondary N) is 1. The lowest BCUT2D eigenvalue weighted by atomic mass is 9.79. The van der Waals surface area contributed by atoms with Crippen LogP contribution in [-0.2, 0) is 16.1 Å². The van der Waals surface area contributed by atoms with Crippen molar-refractivity contribution >= 4 is 36.4 Å². The number of hydrogen-bond acceptors (Lipinski definition) is 4. The molecule has 2 aromatic heterocycles. The third-order valence-corrected chi connectivity index (χ3v) is 4.42. The fourth-order valence-electron chi connectivity index (χ4n) is 2.87. The molecule has 1 saturated heterocycles. The van der Waals surface area contributed by atoms with Gasteiger partial charge in [0, 0.05) is 32.2 Å². The van der Waals surface area contributed by atoms with Gasteiger partial charge in [-0.25, -0.2) is 4.98 Å². The van der Waals surface area contributed by atoms with E-state index in [2.05, 4.69) is 10.3 Å². The molecule has 24 heavy (non-hydrogen) atoms. The van der Waals surface area contributed by atoms with E-state index >= 15 is 0 Å². The predicted molar refractivity (Wildman–Crippen MR) is 97.8 cm³/mol. The van der Waals surface area contributed by atoms with Crippen molar-refractivity contribution in [2.45, 2.75) is 26.3 Å². The van der Waals surface area contributed by atoms with Crippen LogP contribution in [0.1, 0.15) is 24.1 Å². The molecule has 134 valence electrons. The van der Waals surface area contributed by atoms with Crippen LogP contribution in [0.4, 0.5) is 0 Å². The first-order valence-corrected chi connectivity index (χ1v) is 7.63. The van der Waals surface area contributed by atoms with Gasteiger partial charge in [-0.1, -0.05) is 0 Å². The number of carbonyl (C=O) groups excluding carboxylic acids is 1. The van der Waals surface area contributed by atoms with Crippen molar-refractivity contribution in [2.24, 2.45) is 11.1 Å². The summed E-state index contributed by atoms with van der Waals surface area (Å²) in [6, 6.07) is 4.05. The van der Waals surface area contributed by atoms with Crippen molar-refractivity contribution in [2.75, 3.05) is 19.8 Å². The number of rotatable bonds is 4. The Morgan fingerprint density at radius 3 is 2.79 bits per heavy atom. The van der Waals surface area contributed by atoms with Gasteiger partial charge in [0.2, 0.25) is 5.91 Å². The summed E-state index contributed by atoms with van der Waals surface area (Å²) in [5, 5.41) is 2.99. The molecule has 2 aromatic rings. The maximum Gasteiger partial charge on any atom is 0.227 e. The van der Waals surface area contributed by atoms with Crippen LogP contribution >= 0.6 is 24.8 Å². The summed E-state index contributed by atoms with van der Waals surface area (Å²) in [6.07, 6.45) is 5.27. The third-order valence-electron chi connectivity index (χ3n) is 4.42. The average molecular weight is 375 g/mol. The summed E-state index contributed by atoms with van der Waals surface area (Å²) in [7, 11) is 0. The van der Waals surface area contributed by atoms with Gasteiger partial charge in [0.15, 0.2) is 0 Å². The number of hydrogen-bond donors (Lipinski definition) is 2. The number of ether oxygens (including phenoxy) is 1. The maximum atomic E-state index is 12.5. The lowest BCUT2D eigenvalue weighted by molar-refractivity contribution is -0.136. The molecule has 1 amide bonds. The smallest absolute Gasteiger partial charge is 0.227 e. The number of halogens is 2. The summed E-state index contributed by atoms with van der Waals surface area (Å²) in [5.41, 5.74) is 8.26. The molecule has 1 fully saturated rings. The number of aryl methyl sites for hydroxylation is 1. The highest BCUT2D eigenvalue weighted by molar-refractivity contribution is 5.85. The van der Waals surface area contributed by atoms with Crippen LogP contribution in [0.2, 0.25) is 0 Å². The molecule has 0 aromatic carbocycles. The molecule has 0 atom stereocenters. The molecule has 0 bridgehead atoms. The van der Waals surface area contributed by atoms with E-state index in [1.54, 1.807) is 0 Å². The fourth-order valence-corrected chi connectivity index (χ4v) is 2.87. The fraction of sp³-hybridized carbons (Fsp3) is 0.500. The Kier molecular flexibility index (Phi) is 7.48. The first kappa shape index (κ1) is 20.7. The Bertz CT molecular complexity index is 684. The van der Waals surface area contributed by atoms with Gasteiger partial charge in [-0.3, -0.25) is 4.79 Å². The summed E-state index contributed by atoms with van der Waals surface area (Å²) in [6.45, 7) is 4.00. The Morgan fingerprint density at radius 1 is 1.42 bits per heavy atom. The van der Waals surface area contributed by atoms with E-state index in [1.807, 2.05) is 35.9 Å². The highest BCUT2D eigenvalue weighted by atomic mass is 35.5. The minimum atomic E-state index is -0.492. The number of amides is 1. The van der Waals surface area contributed by atoms with Gasteiger partial charge in [-0.2, -0.15) is 0 Å². The van der Waals surface area contributed by atoms with Crippen molar-refractivity contribution in [3.05, 3.63) is 35.8 Å². The highest BCUT2D eigenvalue weighted by Gasteiger charge is 2.38. The Balaban J connectivity index is 0.00000144. The summed E-state index contributed by atoms with van der Waals surface area (Å²) in [4.78, 5) is 17.0. The first-order valence-electron chi connectivity index (χ1n) is 7.63. The van der Waals surface area contributed by atoms with Gasteiger partial charge in [-0.05, 0) is 37.5 Å². The molecule has 0 radical (unpaired) electrons. The standard InChI is InChI=1S/C16H22N4O2.2ClH/c1-12-2-5-20-10-13(19-14(20)8-12)9-18-15(21)16(11-17)3-6-22-7-4-16;;/h2,5,8,10H,3-4,6-7,9,11,17H2,1H3,(H,18,21);2*1H. The van der Waals surface area contributed by atoms with Gasteiger partial charge < -0.3 is 20.2 Å². The van der Waals surface area contributed by atoms with Crippen LogP contribution in [0, 0.1) is 12.3 Å². The highest BCUT2D eigenvalue weighted by Crippen LogP contribution is 2.29. The van der Waals surface area contributed by atoms with Crippen molar-refractivity contribution < 1.29 is 9.53 Å². The van der Waals surface area contributed by atoms with Gasteiger partial charge >= 0.3 is 0 Å². The molecule has 0 aliphatic carbocycles. The van der Waals surface area contributed by atoms with Crippen LogP contribution in [0.5, 0.6) is 0 Å². The Morgan fingerprint density at radius 2 is 2.12 bits per heavy atom. The zero-order chi connectivity index (χ0) is 15.6. The largest absolute Gasteiger partial charge is 0.381 e. The van der Waals surface area contributed by atoms with Crippen molar-refractivity contribution in [1.82, 2.24) is 14.7 Å². The molecule has 3 heterocycles. The van der Waals surface area contributed by atoms with Gasteiger partial charge in [0.05, 0.1) is 17.7 Å². The number of nitrogens with two attached hydrogens (primary N) is 1. The van der Waals surface area contributed by atoms with Crippen molar-refractivity contribution in [3.8, 4) is 0 Å². The third kappa shape index (κ3) is 4.19. The molecule has 8 heteroatoms. The lowest BCUT2D eigenvalue weighted by Gasteiger charge is -2.34. The minimum absolute atomic E-state index is 0. The van der Waals surface area contributed by atoms with Gasteiger partial charge in [0.1, 0.15) is 5.65 Å². The number of fused-ring (bicyclic) bond motifs is 1. The molecular weight excluding hydrogens is 351 g/mol. The van der Waals surface area contributed by atoms with Crippen LogP contribution in [0.25, 0.3) is 5.65 Å². The van der Waals surface area contributed by atoms with Crippen LogP contribution < -0.4 is 11.1 Å². The lowest BCUT2D eigenvalue weighted by Crippen LogP contribution is -2.49. The van der Waals surface area contributed by atoms with Crippen LogP contribution in [-0.4, -0.2) is 35.1 Å². The average Bonchev–Trinajstić information content (AvgIpc) is 2.95. The first-order chi connectivity index (χ1) is 10.6. The van der Waals surface area contributed by atoms with E-state index in [0.29, 0.717) is 39.1 Å². The molecule has 3 N–H and O–H groups in total. The molecule has 0 saturated carbocycles. The maximum absolute atomic E-state index is 12.5. The normalized spacial score (nSPS) is 16.1. The van der Waals surface area contributed by atoms with Crippen molar-refractivity contribution in [3.63, 3.8) is 0 Å². The van der Waals surface area contributed by atoms with Crippen LogP contribution in [0.3, 0.4) is 0 Å². The Hall–Kier alpha value is -1.34. The molecule has 3 rings (SSSR count). The van der Waals surface area contributed by atoms with E-state index in [1.165, 1.54) is 0 Å². The molecule has 6 nitrogen and oxygen atoms in total. The number of imidazole rings is 1. The number of nitrogens with zero attached hydrogens (tertiary/aromatic N) is 2. The summed E-state index contributed by atoms with van der Waals surface area (Å²) >= 11 is 0. The zero-order valence-electron chi connectivity index (χ0n) is 13.7. The van der Waals surface area contributed by atoms with Gasteiger partial charge in [-0.15, -0.1) is 24.8 Å². The molecule has 1 aliphatic rings. The van der Waals surface area contributed by atoms with E-state index in [-0.39, 0.29) is 30.7 Å². The predicted octanol–water partition coefficient (Wildman–Crippen LogP) is 1.86. The number of carbonyl (C=O) groups is 1. The molecule has 1 aliphatic heterocycles. The van der Waals surface area contributed by atoms with E-state index < -0.39 is 5.41 Å². The Labute approximate surface area is 154 Å². The minimum Gasteiger partial charge on any atom is -0.381 e. The van der Waals surface area contributed by atoms with Crippen LogP contribution in [0.15, 0.2) is 24.5 Å². The quantitative estimate of drug-likeness (QED) is 0.855. The molecule has 0 spiro atoms. The SMILES string of the molecule is Cc1ccn2cc(CNC(=O)C3(CN)CCOCC3)nc2c1.Cl.Cl. The second kappa shape index (κ2) is 8.67. The van der Waals surface area contributed by atoms with E-state index in [9.17, 15) is 4.79 Å². The van der Waals surface area contributed by atoms with E-state index in [4.69, 9.17) is 10.5 Å². The van der Waals surface area contributed by atoms with Gasteiger partial charge in [0.25, 0.3) is 0 Å². The number of aromatic nitrogens is 2. The second-order valence-electron chi connectivity index (χ2n) is 5.98. The molecule has 0 unspecified atom stereocenters. The monoisotopic (exact) mass is 374 g/mol. The second-order valence-corrected chi connectivity index (χ2v) is 5.98.